The molecule has 0 aliphatic heterocycles. The molecule has 0 fully saturated rings. The van der Waals surface area contributed by atoms with Gasteiger partial charge in [-0.2, -0.15) is 0 Å². The van der Waals surface area contributed by atoms with Crippen LogP contribution in [0.5, 0.6) is 0 Å². The summed E-state index contributed by atoms with van der Waals surface area (Å²) in [5.41, 5.74) is 0.581. The van der Waals surface area contributed by atoms with Crippen molar-refractivity contribution in [1.29, 1.82) is 0 Å². The number of aryl methyl sites for hydroxylation is 1. The number of aromatic nitrogens is 1. The maximum Gasteiger partial charge on any atom is 0.442 e. The molecular formula is C15H14N2O7. The molecule has 0 bridgehead atoms. The highest BCUT2D eigenvalue weighted by atomic mass is 16.6. The Labute approximate surface area is 136 Å². The van der Waals surface area contributed by atoms with E-state index in [-0.39, 0.29) is 33.6 Å². The Balaban J connectivity index is 2.86. The maximum absolute atomic E-state index is 12.2. The Bertz CT molecular complexity index is 839. The minimum Gasteiger partial charge on any atom is -0.465 e. The summed E-state index contributed by atoms with van der Waals surface area (Å²) in [5.74, 6) is -2.01. The van der Waals surface area contributed by atoms with Crippen LogP contribution < -0.4 is 0 Å². The number of carbonyl (C=O) groups excluding carboxylic acids is 2. The van der Waals surface area contributed by atoms with Crippen LogP contribution in [0.15, 0.2) is 16.7 Å². The largest absolute Gasteiger partial charge is 0.465 e. The second kappa shape index (κ2) is 6.49. The number of hydrogen-bond acceptors (Lipinski definition) is 8. The summed E-state index contributed by atoms with van der Waals surface area (Å²) in [6.45, 7) is 3.05. The zero-order valence-corrected chi connectivity index (χ0v) is 13.4. The quantitative estimate of drug-likeness (QED) is 0.474. The Kier molecular flexibility index (Phi) is 4.63. The molecule has 24 heavy (non-hydrogen) atoms. The van der Waals surface area contributed by atoms with E-state index < -0.39 is 22.7 Å². The number of methoxy groups -OCH3 is 2. The van der Waals surface area contributed by atoms with E-state index >= 15 is 0 Å². The van der Waals surface area contributed by atoms with Crippen LogP contribution >= 0.6 is 0 Å². The number of rotatable bonds is 4. The van der Waals surface area contributed by atoms with E-state index in [2.05, 4.69) is 4.98 Å². The van der Waals surface area contributed by atoms with Gasteiger partial charge in [-0.05, 0) is 25.5 Å². The average molecular weight is 334 g/mol. The van der Waals surface area contributed by atoms with Gasteiger partial charge in [0.2, 0.25) is 0 Å². The Morgan fingerprint density at radius 1 is 1.17 bits per heavy atom. The van der Waals surface area contributed by atoms with Crippen LogP contribution in [0.4, 0.5) is 5.88 Å². The van der Waals surface area contributed by atoms with Gasteiger partial charge in [0.05, 0.1) is 43.0 Å². The lowest BCUT2D eigenvalue weighted by Crippen LogP contribution is -2.16. The number of nitrogens with zero attached hydrogens (tertiary/aromatic N) is 2. The number of carbonyl (C=O) groups is 2. The van der Waals surface area contributed by atoms with Crippen molar-refractivity contribution in [2.45, 2.75) is 13.8 Å². The fraction of sp³-hybridized carbons (Fsp3) is 0.267. The van der Waals surface area contributed by atoms with E-state index in [0.29, 0.717) is 0 Å². The first kappa shape index (κ1) is 17.1. The number of ether oxygens (including phenoxy) is 2. The van der Waals surface area contributed by atoms with E-state index in [1.165, 1.54) is 27.0 Å². The minimum absolute atomic E-state index is 0.00459. The molecule has 0 N–H and O–H groups in total. The van der Waals surface area contributed by atoms with Gasteiger partial charge in [-0.3, -0.25) is 15.1 Å². The average Bonchev–Trinajstić information content (AvgIpc) is 3.03. The molecular weight excluding hydrogens is 320 g/mol. The van der Waals surface area contributed by atoms with Crippen LogP contribution in [0.3, 0.4) is 0 Å². The van der Waals surface area contributed by atoms with Gasteiger partial charge in [0.1, 0.15) is 10.5 Å². The van der Waals surface area contributed by atoms with Crippen molar-refractivity contribution >= 4 is 17.8 Å². The van der Waals surface area contributed by atoms with Crippen LogP contribution in [0.25, 0.3) is 11.3 Å². The molecule has 0 spiro atoms. The van der Waals surface area contributed by atoms with Gasteiger partial charge in [0.25, 0.3) is 0 Å². The van der Waals surface area contributed by atoms with Gasteiger partial charge in [-0.1, -0.05) is 0 Å². The van der Waals surface area contributed by atoms with Gasteiger partial charge in [-0.15, -0.1) is 0 Å². The van der Waals surface area contributed by atoms with E-state index in [0.717, 1.165) is 13.4 Å². The van der Waals surface area contributed by atoms with Crippen molar-refractivity contribution in [2.24, 2.45) is 0 Å². The molecule has 2 aromatic rings. The summed E-state index contributed by atoms with van der Waals surface area (Å²) in [6, 6.07) is 1.32. The first-order valence-corrected chi connectivity index (χ1v) is 6.73. The van der Waals surface area contributed by atoms with Gasteiger partial charge in [-0.25, -0.2) is 9.59 Å². The van der Waals surface area contributed by atoms with Crippen molar-refractivity contribution in [1.82, 2.24) is 4.98 Å². The lowest BCUT2D eigenvalue weighted by atomic mass is 9.97. The minimum atomic E-state index is -0.782. The smallest absolute Gasteiger partial charge is 0.442 e. The second-order valence-corrected chi connectivity index (χ2v) is 4.80. The molecule has 0 aliphatic rings. The molecule has 0 radical (unpaired) electrons. The number of nitro groups is 1. The molecule has 0 atom stereocenters. The molecule has 0 aliphatic carbocycles. The predicted molar refractivity (Wildman–Crippen MR) is 80.7 cm³/mol. The Morgan fingerprint density at radius 3 is 2.29 bits per heavy atom. The van der Waals surface area contributed by atoms with Crippen LogP contribution in [-0.4, -0.2) is 36.1 Å². The SMILES string of the molecule is COC(=O)c1c(C)nc(-c2ccoc2[N+](=O)[O-])c(C(=O)OC)c1C. The molecule has 9 heteroatoms. The van der Waals surface area contributed by atoms with Crippen LogP contribution in [0.1, 0.15) is 32.0 Å². The molecule has 126 valence electrons. The molecule has 2 rings (SSSR count). The van der Waals surface area contributed by atoms with Crippen molar-refractivity contribution in [3.05, 3.63) is 44.8 Å². The van der Waals surface area contributed by atoms with E-state index in [9.17, 15) is 19.7 Å². The van der Waals surface area contributed by atoms with Gasteiger partial charge in [0, 0.05) is 0 Å². The summed E-state index contributed by atoms with van der Waals surface area (Å²) in [7, 11) is 2.36. The monoisotopic (exact) mass is 334 g/mol. The molecule has 0 unspecified atom stereocenters. The van der Waals surface area contributed by atoms with Crippen molar-refractivity contribution in [3.8, 4) is 11.3 Å². The fourth-order valence-corrected chi connectivity index (χ4v) is 2.43. The number of esters is 2. The first-order chi connectivity index (χ1) is 11.3. The Morgan fingerprint density at radius 2 is 1.75 bits per heavy atom. The van der Waals surface area contributed by atoms with Crippen molar-refractivity contribution in [3.63, 3.8) is 0 Å². The molecule has 2 aromatic heterocycles. The zero-order valence-electron chi connectivity index (χ0n) is 13.4. The van der Waals surface area contributed by atoms with Crippen LogP contribution in [0.2, 0.25) is 0 Å². The summed E-state index contributed by atoms with van der Waals surface area (Å²) < 4.78 is 14.3. The van der Waals surface area contributed by atoms with Gasteiger partial charge < -0.3 is 13.9 Å². The lowest BCUT2D eigenvalue weighted by molar-refractivity contribution is -0.401. The summed E-state index contributed by atoms with van der Waals surface area (Å²) in [5, 5.41) is 11.1. The highest BCUT2D eigenvalue weighted by Crippen LogP contribution is 2.35. The highest BCUT2D eigenvalue weighted by molar-refractivity contribution is 6.03. The summed E-state index contributed by atoms with van der Waals surface area (Å²) in [4.78, 5) is 38.7. The molecule has 9 nitrogen and oxygen atoms in total. The maximum atomic E-state index is 12.2. The third-order valence-electron chi connectivity index (χ3n) is 3.47. The van der Waals surface area contributed by atoms with Crippen molar-refractivity contribution in [2.75, 3.05) is 14.2 Å². The topological polar surface area (TPSA) is 122 Å². The third-order valence-corrected chi connectivity index (χ3v) is 3.47. The number of furan rings is 1. The van der Waals surface area contributed by atoms with Crippen LogP contribution in [0, 0.1) is 24.0 Å². The molecule has 0 amide bonds. The molecule has 0 saturated carbocycles. The van der Waals surface area contributed by atoms with Gasteiger partial charge in [0.15, 0.2) is 0 Å². The molecule has 2 heterocycles. The van der Waals surface area contributed by atoms with E-state index in [4.69, 9.17) is 13.9 Å². The number of hydrogen-bond donors (Lipinski definition) is 0. The molecule has 0 saturated heterocycles. The second-order valence-electron chi connectivity index (χ2n) is 4.80. The van der Waals surface area contributed by atoms with Gasteiger partial charge >= 0.3 is 17.8 Å². The third kappa shape index (κ3) is 2.71. The normalized spacial score (nSPS) is 10.3. The standard InChI is InChI=1S/C15H14N2O7/c1-7-10(14(18)22-3)8(2)16-12(11(7)15(19)23-4)9-5-6-24-13(9)17(20)21/h5-6H,1-4H3. The fourth-order valence-electron chi connectivity index (χ4n) is 2.43. The van der Waals surface area contributed by atoms with E-state index in [1.54, 1.807) is 0 Å². The first-order valence-electron chi connectivity index (χ1n) is 6.73. The molecule has 0 aromatic carbocycles. The lowest BCUT2D eigenvalue weighted by Gasteiger charge is -2.14. The summed E-state index contributed by atoms with van der Waals surface area (Å²) >= 11 is 0. The predicted octanol–water partition coefficient (Wildman–Crippen LogP) is 2.44. The highest BCUT2D eigenvalue weighted by Gasteiger charge is 2.30. The number of pyridine rings is 1. The summed E-state index contributed by atoms with van der Waals surface area (Å²) in [6.07, 6.45) is 1.12. The zero-order chi connectivity index (χ0) is 18.0. The van der Waals surface area contributed by atoms with Crippen molar-refractivity contribution < 1.29 is 28.4 Å². The van der Waals surface area contributed by atoms with Crippen LogP contribution in [-0.2, 0) is 9.47 Å². The van der Waals surface area contributed by atoms with E-state index in [1.807, 2.05) is 0 Å². The Hall–Kier alpha value is -3.23.